The fraction of sp³-hybridized carbons (Fsp3) is 0.167. The average molecular weight is 642 g/mol. The number of hydrogen-bond donors (Lipinski definition) is 0. The lowest BCUT2D eigenvalue weighted by Crippen LogP contribution is -3.00. The van der Waals surface area contributed by atoms with Crippen molar-refractivity contribution >= 4 is 40.9 Å². The highest BCUT2D eigenvalue weighted by Gasteiger charge is 2.31. The van der Waals surface area contributed by atoms with Gasteiger partial charge in [-0.3, -0.25) is 9.59 Å². The van der Waals surface area contributed by atoms with E-state index in [0.29, 0.717) is 22.6 Å². The largest absolute Gasteiger partial charge is 1.00 e. The van der Waals surface area contributed by atoms with E-state index in [1.54, 1.807) is 18.7 Å². The molecule has 2 aromatic heterocycles. The molecule has 0 N–H and O–H groups in total. The van der Waals surface area contributed by atoms with E-state index in [2.05, 4.69) is 24.3 Å². The maximum Gasteiger partial charge on any atom is 0.310 e. The van der Waals surface area contributed by atoms with Gasteiger partial charge in [0.15, 0.2) is 12.4 Å². The van der Waals surface area contributed by atoms with Crippen LogP contribution in [0.5, 0.6) is 0 Å². The fourth-order valence-electron chi connectivity index (χ4n) is 3.74. The van der Waals surface area contributed by atoms with Crippen molar-refractivity contribution in [2.75, 3.05) is 12.4 Å². The zero-order chi connectivity index (χ0) is 25.3. The van der Waals surface area contributed by atoms with Gasteiger partial charge in [0.1, 0.15) is 4.21 Å². The van der Waals surface area contributed by atoms with Gasteiger partial charge in [0.05, 0.1) is 23.5 Å². The number of esters is 1. The van der Waals surface area contributed by atoms with Crippen LogP contribution in [0.2, 0.25) is 0 Å². The molecule has 0 saturated heterocycles. The number of thiophene rings is 1. The first-order valence-electron chi connectivity index (χ1n) is 11.8. The normalized spacial score (nSPS) is 10.8. The number of benzene rings is 2. The molecule has 0 aliphatic rings. The summed E-state index contributed by atoms with van der Waals surface area (Å²) in [6, 6.07) is 23.4. The van der Waals surface area contributed by atoms with Crippen LogP contribution in [0.3, 0.4) is 0 Å². The predicted octanol–water partition coefficient (Wildman–Crippen LogP) is 3.48. The smallest absolute Gasteiger partial charge is 0.310 e. The molecule has 0 fully saturated rings. The zero-order valence-electron chi connectivity index (χ0n) is 20.7. The summed E-state index contributed by atoms with van der Waals surface area (Å²) in [6.45, 7) is 4.12. The minimum absolute atomic E-state index is 0. The number of rotatable bonds is 10. The molecule has 2 heterocycles. The Bertz CT molecular complexity index is 1350. The van der Waals surface area contributed by atoms with E-state index in [0.717, 1.165) is 26.8 Å². The summed E-state index contributed by atoms with van der Waals surface area (Å²) in [5.74, 6) is 0.305. The van der Waals surface area contributed by atoms with Crippen molar-refractivity contribution in [1.29, 1.82) is 0 Å². The molecule has 4 aromatic rings. The van der Waals surface area contributed by atoms with Gasteiger partial charge in [-0.2, -0.15) is 4.57 Å². The first kappa shape index (κ1) is 28.8. The molecule has 7 heteroatoms. The number of thioether (sulfide) groups is 1. The van der Waals surface area contributed by atoms with Crippen molar-refractivity contribution in [2.24, 2.45) is 0 Å². The van der Waals surface area contributed by atoms with Gasteiger partial charge in [0.25, 0.3) is 0 Å². The number of ketones is 1. The van der Waals surface area contributed by atoms with E-state index in [1.807, 2.05) is 84.5 Å². The number of aromatic nitrogens is 1. The van der Waals surface area contributed by atoms with E-state index >= 15 is 0 Å². The summed E-state index contributed by atoms with van der Waals surface area (Å²) in [6.07, 6.45) is 8.20. The number of halogens is 1. The molecule has 190 valence electrons. The van der Waals surface area contributed by atoms with Crippen molar-refractivity contribution in [1.82, 2.24) is 0 Å². The first-order chi connectivity index (χ1) is 17.6. The van der Waals surface area contributed by atoms with Crippen LogP contribution < -0.4 is 28.5 Å². The zero-order valence-corrected chi connectivity index (χ0v) is 24.5. The van der Waals surface area contributed by atoms with Crippen molar-refractivity contribution in [3.05, 3.63) is 118 Å². The summed E-state index contributed by atoms with van der Waals surface area (Å²) < 4.78 is 8.27. The van der Waals surface area contributed by atoms with E-state index < -0.39 is 0 Å². The standard InChI is InChI=1S/C30H28NO3S2.HI/c1-3-34-26(32)21-25-27(31-18-16-22(2)17-19-31)30(35-20-10-13-23-11-6-4-7-12-23)36-29(25)28(33)24-14-8-5-9-15-24;/h4-19H,3,20-21H2,1-2H3;1H/q+1;/p-1/b13-10+;. The van der Waals surface area contributed by atoms with Crippen LogP contribution >= 0.6 is 23.1 Å². The summed E-state index contributed by atoms with van der Waals surface area (Å²) >= 11 is 3.11. The molecule has 4 nitrogen and oxygen atoms in total. The third kappa shape index (κ3) is 7.63. The highest BCUT2D eigenvalue weighted by atomic mass is 127. The molecule has 0 aliphatic carbocycles. The van der Waals surface area contributed by atoms with E-state index in [-0.39, 0.29) is 42.2 Å². The second-order valence-electron chi connectivity index (χ2n) is 8.13. The number of hydrogen-bond acceptors (Lipinski definition) is 5. The molecular weight excluding hydrogens is 613 g/mol. The Morgan fingerprint density at radius 2 is 1.62 bits per heavy atom. The summed E-state index contributed by atoms with van der Waals surface area (Å²) in [4.78, 5) is 26.8. The van der Waals surface area contributed by atoms with Crippen molar-refractivity contribution < 1.29 is 42.9 Å². The second kappa shape index (κ2) is 14.3. The highest BCUT2D eigenvalue weighted by Crippen LogP contribution is 2.38. The van der Waals surface area contributed by atoms with Crippen LogP contribution in [-0.4, -0.2) is 24.1 Å². The van der Waals surface area contributed by atoms with Crippen molar-refractivity contribution in [3.63, 3.8) is 0 Å². The van der Waals surface area contributed by atoms with Gasteiger partial charge < -0.3 is 28.7 Å². The first-order valence-corrected chi connectivity index (χ1v) is 13.6. The summed E-state index contributed by atoms with van der Waals surface area (Å²) in [5.41, 5.74) is 4.44. The second-order valence-corrected chi connectivity index (χ2v) is 10.4. The fourth-order valence-corrected chi connectivity index (χ4v) is 6.15. The molecule has 0 radical (unpaired) electrons. The Morgan fingerprint density at radius 1 is 0.973 bits per heavy atom. The predicted molar refractivity (Wildman–Crippen MR) is 147 cm³/mol. The molecule has 4 rings (SSSR count). The Hall–Kier alpha value is -2.75. The van der Waals surface area contributed by atoms with Crippen LogP contribution in [0, 0.1) is 6.92 Å². The maximum absolute atomic E-state index is 13.6. The number of pyridine rings is 1. The number of aryl methyl sites for hydroxylation is 1. The van der Waals surface area contributed by atoms with Crippen LogP contribution in [0.4, 0.5) is 0 Å². The lowest BCUT2D eigenvalue weighted by molar-refractivity contribution is -0.598. The van der Waals surface area contributed by atoms with Crippen molar-refractivity contribution in [3.8, 4) is 5.69 Å². The molecule has 0 saturated carbocycles. The lowest BCUT2D eigenvalue weighted by atomic mass is 10.0. The average Bonchev–Trinajstić information content (AvgIpc) is 3.25. The Balaban J connectivity index is 0.00000380. The number of carbonyl (C=O) groups excluding carboxylic acids is 2. The third-order valence-corrected chi connectivity index (χ3v) is 7.92. The third-order valence-electron chi connectivity index (χ3n) is 5.49. The van der Waals surface area contributed by atoms with E-state index in [1.165, 1.54) is 11.3 Å². The number of nitrogens with zero attached hydrogens (tertiary/aromatic N) is 1. The van der Waals surface area contributed by atoms with Gasteiger partial charge in [0, 0.05) is 23.4 Å². The molecular formula is C30H28INO3S2. The maximum atomic E-state index is 13.6. The minimum atomic E-state index is -0.341. The Morgan fingerprint density at radius 3 is 2.27 bits per heavy atom. The topological polar surface area (TPSA) is 47.3 Å². The van der Waals surface area contributed by atoms with Gasteiger partial charge >= 0.3 is 5.97 Å². The Labute approximate surface area is 243 Å². The van der Waals surface area contributed by atoms with Gasteiger partial charge in [-0.15, -0.1) is 23.1 Å². The van der Waals surface area contributed by atoms with Crippen LogP contribution in [0.25, 0.3) is 11.8 Å². The molecule has 0 amide bonds. The molecule has 0 bridgehead atoms. The van der Waals surface area contributed by atoms with Gasteiger partial charge in [0.2, 0.25) is 11.5 Å². The molecule has 0 atom stereocenters. The van der Waals surface area contributed by atoms with Crippen molar-refractivity contribution in [2.45, 2.75) is 24.5 Å². The Kier molecular flexibility index (Phi) is 11.1. The molecule has 0 spiro atoms. The number of ether oxygens (including phenoxy) is 1. The van der Waals surface area contributed by atoms with Gasteiger partial charge in [-0.1, -0.05) is 72.8 Å². The summed E-state index contributed by atoms with van der Waals surface area (Å²) in [5, 5.41) is 0. The molecule has 0 aliphatic heterocycles. The monoisotopic (exact) mass is 641 g/mol. The van der Waals surface area contributed by atoms with Gasteiger partial charge in [-0.25, -0.2) is 0 Å². The molecule has 2 aromatic carbocycles. The van der Waals surface area contributed by atoms with Crippen LogP contribution in [0.15, 0.2) is 95.5 Å². The quantitative estimate of drug-likeness (QED) is 0.0876. The molecule has 37 heavy (non-hydrogen) atoms. The van der Waals surface area contributed by atoms with Gasteiger partial charge in [-0.05, 0) is 25.0 Å². The minimum Gasteiger partial charge on any atom is -1.00 e. The molecule has 0 unspecified atom stereocenters. The number of carbonyl (C=O) groups is 2. The SMILES string of the molecule is CCOC(=O)Cc1c(C(=O)c2ccccc2)sc(SC/C=C/c2ccccc2)c1-[n+]1ccc(C)cc1.[I-]. The van der Waals surface area contributed by atoms with E-state index in [4.69, 9.17) is 4.74 Å². The lowest BCUT2D eigenvalue weighted by Gasteiger charge is -2.05. The summed E-state index contributed by atoms with van der Waals surface area (Å²) in [7, 11) is 0. The van der Waals surface area contributed by atoms with E-state index in [9.17, 15) is 9.59 Å². The van der Waals surface area contributed by atoms with Crippen LogP contribution in [0.1, 0.15) is 38.8 Å². The highest BCUT2D eigenvalue weighted by molar-refractivity contribution is 8.01. The van der Waals surface area contributed by atoms with Crippen LogP contribution in [-0.2, 0) is 16.0 Å².